The number of rotatable bonds is 8. The SMILES string of the molecule is Cc1nc(CSc2ccc(C(=O)NC(CN)CC(C)C)cc2)cs1.Cl.Cl. The van der Waals surface area contributed by atoms with Gasteiger partial charge in [0.15, 0.2) is 0 Å². The molecular weight excluding hydrogens is 409 g/mol. The zero-order chi connectivity index (χ0) is 17.5. The van der Waals surface area contributed by atoms with Crippen molar-refractivity contribution in [2.75, 3.05) is 6.54 Å². The normalized spacial score (nSPS) is 11.4. The first-order valence-corrected chi connectivity index (χ1v) is 9.99. The monoisotopic (exact) mass is 435 g/mol. The summed E-state index contributed by atoms with van der Waals surface area (Å²) in [4.78, 5) is 17.9. The molecule has 1 unspecified atom stereocenters. The summed E-state index contributed by atoms with van der Waals surface area (Å²) in [6, 6.07) is 7.73. The number of aromatic nitrogens is 1. The average molecular weight is 436 g/mol. The van der Waals surface area contributed by atoms with Gasteiger partial charge < -0.3 is 11.1 Å². The summed E-state index contributed by atoms with van der Waals surface area (Å²) in [6.07, 6.45) is 0.892. The van der Waals surface area contributed by atoms with Gasteiger partial charge in [-0.25, -0.2) is 4.98 Å². The van der Waals surface area contributed by atoms with Gasteiger partial charge in [-0.2, -0.15) is 0 Å². The Morgan fingerprint density at radius 3 is 2.42 bits per heavy atom. The van der Waals surface area contributed by atoms with Crippen LogP contribution in [0.2, 0.25) is 0 Å². The van der Waals surface area contributed by atoms with Crippen LogP contribution in [0.25, 0.3) is 0 Å². The number of nitrogens with zero attached hydrogens (tertiary/aromatic N) is 1. The number of carbonyl (C=O) groups is 1. The third-order valence-electron chi connectivity index (χ3n) is 3.55. The molecule has 8 heteroatoms. The standard InChI is InChI=1S/C18H25N3OS2.2ClH/c1-12(2)8-15(9-19)21-18(22)14-4-6-17(7-5-14)24-11-16-10-23-13(3)20-16;;/h4-7,10,12,15H,8-9,11,19H2,1-3H3,(H,21,22);2*1H. The van der Waals surface area contributed by atoms with Gasteiger partial charge in [0.2, 0.25) is 0 Å². The largest absolute Gasteiger partial charge is 0.348 e. The van der Waals surface area contributed by atoms with Crippen LogP contribution in [0, 0.1) is 12.8 Å². The van der Waals surface area contributed by atoms with E-state index in [-0.39, 0.29) is 36.8 Å². The summed E-state index contributed by atoms with van der Waals surface area (Å²) in [5, 5.41) is 6.20. The molecule has 0 saturated carbocycles. The van der Waals surface area contributed by atoms with Crippen molar-refractivity contribution < 1.29 is 4.79 Å². The second-order valence-electron chi connectivity index (χ2n) is 6.21. The number of thioether (sulfide) groups is 1. The average Bonchev–Trinajstić information content (AvgIpc) is 2.97. The summed E-state index contributed by atoms with van der Waals surface area (Å²) in [6.45, 7) is 6.74. The van der Waals surface area contributed by atoms with Crippen LogP contribution in [0.1, 0.15) is 41.3 Å². The van der Waals surface area contributed by atoms with E-state index in [4.69, 9.17) is 5.73 Å². The lowest BCUT2D eigenvalue weighted by atomic mass is 10.0. The summed E-state index contributed by atoms with van der Waals surface area (Å²) < 4.78 is 0. The summed E-state index contributed by atoms with van der Waals surface area (Å²) >= 11 is 3.40. The number of benzene rings is 1. The molecule has 2 rings (SSSR count). The number of carbonyl (C=O) groups excluding carboxylic acids is 1. The number of hydrogen-bond acceptors (Lipinski definition) is 5. The van der Waals surface area contributed by atoms with E-state index in [0.29, 0.717) is 18.0 Å². The fourth-order valence-corrected chi connectivity index (χ4v) is 3.90. The highest BCUT2D eigenvalue weighted by Gasteiger charge is 2.13. The lowest BCUT2D eigenvalue weighted by molar-refractivity contribution is 0.0933. The Bertz CT molecular complexity index is 663. The molecule has 0 aliphatic carbocycles. The minimum atomic E-state index is -0.0576. The Morgan fingerprint density at radius 2 is 1.92 bits per heavy atom. The van der Waals surface area contributed by atoms with E-state index >= 15 is 0 Å². The van der Waals surface area contributed by atoms with E-state index in [1.54, 1.807) is 23.1 Å². The molecule has 0 bridgehead atoms. The van der Waals surface area contributed by atoms with Gasteiger partial charge in [-0.15, -0.1) is 47.9 Å². The smallest absolute Gasteiger partial charge is 0.251 e. The van der Waals surface area contributed by atoms with E-state index in [2.05, 4.69) is 29.5 Å². The number of halogens is 2. The second-order valence-corrected chi connectivity index (χ2v) is 8.32. The zero-order valence-electron chi connectivity index (χ0n) is 15.2. The Morgan fingerprint density at radius 1 is 1.27 bits per heavy atom. The van der Waals surface area contributed by atoms with Gasteiger partial charge in [0.05, 0.1) is 10.7 Å². The number of nitrogens with two attached hydrogens (primary N) is 1. The van der Waals surface area contributed by atoms with Gasteiger partial charge >= 0.3 is 0 Å². The summed E-state index contributed by atoms with van der Waals surface area (Å²) in [5.74, 6) is 1.30. The van der Waals surface area contributed by atoms with Crippen LogP contribution >= 0.6 is 47.9 Å². The van der Waals surface area contributed by atoms with Crippen LogP contribution in [0.5, 0.6) is 0 Å². The van der Waals surface area contributed by atoms with E-state index in [9.17, 15) is 4.79 Å². The highest BCUT2D eigenvalue weighted by Crippen LogP contribution is 2.23. The number of aryl methyl sites for hydroxylation is 1. The molecule has 0 aliphatic heterocycles. The first-order valence-electron chi connectivity index (χ1n) is 8.12. The van der Waals surface area contributed by atoms with Crippen LogP contribution in [-0.4, -0.2) is 23.5 Å². The van der Waals surface area contributed by atoms with Crippen molar-refractivity contribution in [2.45, 2.75) is 43.9 Å². The van der Waals surface area contributed by atoms with Crippen LogP contribution in [0.3, 0.4) is 0 Å². The van der Waals surface area contributed by atoms with Crippen LogP contribution < -0.4 is 11.1 Å². The number of hydrogen-bond donors (Lipinski definition) is 2. The highest BCUT2D eigenvalue weighted by atomic mass is 35.5. The molecule has 1 atom stereocenters. The first-order chi connectivity index (χ1) is 11.5. The molecule has 4 nitrogen and oxygen atoms in total. The van der Waals surface area contributed by atoms with Crippen LogP contribution in [0.4, 0.5) is 0 Å². The molecule has 0 aliphatic rings. The van der Waals surface area contributed by atoms with Crippen molar-refractivity contribution in [2.24, 2.45) is 11.7 Å². The quantitative estimate of drug-likeness (QED) is 0.589. The third kappa shape index (κ3) is 8.27. The Balaban J connectivity index is 0.00000312. The number of thiazole rings is 1. The summed E-state index contributed by atoms with van der Waals surface area (Å²) in [7, 11) is 0. The maximum Gasteiger partial charge on any atom is 0.251 e. The topological polar surface area (TPSA) is 68.0 Å². The fourth-order valence-electron chi connectivity index (χ4n) is 2.39. The van der Waals surface area contributed by atoms with E-state index in [1.807, 2.05) is 31.2 Å². The zero-order valence-corrected chi connectivity index (χ0v) is 18.5. The predicted octanol–water partition coefficient (Wildman–Crippen LogP) is 4.69. The van der Waals surface area contributed by atoms with Gasteiger partial charge in [0.25, 0.3) is 5.91 Å². The van der Waals surface area contributed by atoms with Crippen molar-refractivity contribution >= 4 is 53.8 Å². The van der Waals surface area contributed by atoms with Gasteiger partial charge in [-0.1, -0.05) is 13.8 Å². The Kier molecular flexibility index (Phi) is 12.2. The molecule has 1 amide bonds. The maximum atomic E-state index is 12.3. The van der Waals surface area contributed by atoms with Crippen molar-refractivity contribution in [3.8, 4) is 0 Å². The van der Waals surface area contributed by atoms with E-state index in [1.165, 1.54) is 0 Å². The summed E-state index contributed by atoms with van der Waals surface area (Å²) in [5.41, 5.74) is 7.52. The molecule has 26 heavy (non-hydrogen) atoms. The number of nitrogens with one attached hydrogen (secondary N) is 1. The van der Waals surface area contributed by atoms with Crippen LogP contribution in [0.15, 0.2) is 34.5 Å². The van der Waals surface area contributed by atoms with Crippen molar-refractivity contribution in [1.82, 2.24) is 10.3 Å². The van der Waals surface area contributed by atoms with Crippen molar-refractivity contribution in [3.63, 3.8) is 0 Å². The lowest BCUT2D eigenvalue weighted by Gasteiger charge is -2.18. The third-order valence-corrected chi connectivity index (χ3v) is 5.41. The molecule has 2 aromatic rings. The van der Waals surface area contributed by atoms with Gasteiger partial charge in [0, 0.05) is 34.2 Å². The lowest BCUT2D eigenvalue weighted by Crippen LogP contribution is -2.41. The Hall–Kier alpha value is -0.790. The number of amides is 1. The van der Waals surface area contributed by atoms with Crippen molar-refractivity contribution in [3.05, 3.63) is 45.9 Å². The van der Waals surface area contributed by atoms with Crippen LogP contribution in [-0.2, 0) is 5.75 Å². The minimum absolute atomic E-state index is 0. The van der Waals surface area contributed by atoms with E-state index < -0.39 is 0 Å². The van der Waals surface area contributed by atoms with Crippen molar-refractivity contribution in [1.29, 1.82) is 0 Å². The van der Waals surface area contributed by atoms with Gasteiger partial charge in [-0.05, 0) is 43.5 Å². The van der Waals surface area contributed by atoms with Gasteiger partial charge in [-0.3, -0.25) is 4.79 Å². The van der Waals surface area contributed by atoms with E-state index in [0.717, 1.165) is 27.8 Å². The predicted molar refractivity (Wildman–Crippen MR) is 117 cm³/mol. The molecule has 0 spiro atoms. The fraction of sp³-hybridized carbons (Fsp3) is 0.444. The molecule has 1 aromatic heterocycles. The molecule has 3 N–H and O–H groups in total. The molecule has 0 fully saturated rings. The molecule has 1 aromatic carbocycles. The van der Waals surface area contributed by atoms with Gasteiger partial charge in [0.1, 0.15) is 0 Å². The molecule has 0 saturated heterocycles. The minimum Gasteiger partial charge on any atom is -0.348 e. The first kappa shape index (κ1) is 25.2. The molecule has 1 heterocycles. The highest BCUT2D eigenvalue weighted by molar-refractivity contribution is 7.98. The molecule has 0 radical (unpaired) electrons. The maximum absolute atomic E-state index is 12.3. The Labute approximate surface area is 176 Å². The molecular formula is C18H27Cl2N3OS2. The second kappa shape index (κ2) is 12.6. The molecule has 146 valence electrons.